The molecular formula is C14H22N4OS2. The van der Waals surface area contributed by atoms with Crippen molar-refractivity contribution >= 4 is 28.3 Å². The fraction of sp³-hybridized carbons (Fsp3) is 0.714. The van der Waals surface area contributed by atoms with Gasteiger partial charge in [0.25, 0.3) is 0 Å². The Kier molecular flexibility index (Phi) is 4.71. The van der Waals surface area contributed by atoms with Crippen molar-refractivity contribution in [2.24, 2.45) is 4.99 Å². The fourth-order valence-electron chi connectivity index (χ4n) is 2.71. The van der Waals surface area contributed by atoms with Gasteiger partial charge in [0.2, 0.25) is 0 Å². The maximum Gasteiger partial charge on any atom is 0.307 e. The Hall–Kier alpha value is -0.790. The molecule has 1 saturated heterocycles. The minimum Gasteiger partial charge on any atom is -0.349 e. The highest BCUT2D eigenvalue weighted by Crippen LogP contribution is 2.23. The minimum absolute atomic E-state index is 0.164. The van der Waals surface area contributed by atoms with Gasteiger partial charge in [0.15, 0.2) is 5.17 Å². The first-order chi connectivity index (χ1) is 10.1. The second kappa shape index (κ2) is 6.54. The Bertz CT molecular complexity index is 572. The van der Waals surface area contributed by atoms with E-state index in [9.17, 15) is 4.79 Å². The SMILES string of the molecule is Cc1csc(=O)n1CCN1CCN(C2=NC[C@@H](C)S2)CC1. The molecule has 1 aromatic heterocycles. The normalized spacial score (nSPS) is 23.6. The Morgan fingerprint density at radius 2 is 2.05 bits per heavy atom. The van der Waals surface area contributed by atoms with E-state index in [1.807, 2.05) is 28.6 Å². The Balaban J connectivity index is 1.47. The molecule has 1 aromatic rings. The van der Waals surface area contributed by atoms with Crippen molar-refractivity contribution in [2.45, 2.75) is 25.6 Å². The standard InChI is InChI=1S/C14H22N4OS2/c1-11-10-20-14(19)18(11)8-5-16-3-6-17(7-4-16)13-15-9-12(2)21-13/h10,12H,3-9H2,1-2H3/t12-/m1/s1. The molecule has 2 aliphatic rings. The number of amidine groups is 1. The van der Waals surface area contributed by atoms with Crippen LogP contribution in [-0.4, -0.2) is 64.1 Å². The Labute approximate surface area is 133 Å². The topological polar surface area (TPSA) is 40.8 Å². The summed E-state index contributed by atoms with van der Waals surface area (Å²) < 4.78 is 1.88. The molecule has 0 aromatic carbocycles. The molecule has 0 amide bonds. The predicted octanol–water partition coefficient (Wildman–Crippen LogP) is 1.33. The second-order valence-electron chi connectivity index (χ2n) is 5.68. The van der Waals surface area contributed by atoms with Gasteiger partial charge in [-0.15, -0.1) is 0 Å². The van der Waals surface area contributed by atoms with E-state index in [4.69, 9.17) is 0 Å². The number of piperazine rings is 1. The molecule has 1 atom stereocenters. The van der Waals surface area contributed by atoms with E-state index >= 15 is 0 Å². The van der Waals surface area contributed by atoms with Crippen molar-refractivity contribution in [3.05, 3.63) is 20.7 Å². The molecule has 1 fully saturated rings. The third-order valence-electron chi connectivity index (χ3n) is 4.05. The number of aliphatic imine (C=N–C) groups is 1. The molecule has 0 saturated carbocycles. The summed E-state index contributed by atoms with van der Waals surface area (Å²) in [5.41, 5.74) is 1.08. The van der Waals surface area contributed by atoms with Gasteiger partial charge >= 0.3 is 4.87 Å². The first-order valence-electron chi connectivity index (χ1n) is 7.47. The summed E-state index contributed by atoms with van der Waals surface area (Å²) in [5.74, 6) is 0. The van der Waals surface area contributed by atoms with Crippen molar-refractivity contribution in [3.63, 3.8) is 0 Å². The predicted molar refractivity (Wildman–Crippen MR) is 90.7 cm³/mol. The average molecular weight is 326 g/mol. The molecular weight excluding hydrogens is 304 g/mol. The molecule has 21 heavy (non-hydrogen) atoms. The van der Waals surface area contributed by atoms with Crippen molar-refractivity contribution in [1.29, 1.82) is 0 Å². The van der Waals surface area contributed by atoms with E-state index in [-0.39, 0.29) is 4.87 Å². The van der Waals surface area contributed by atoms with Crippen LogP contribution in [0, 0.1) is 6.92 Å². The summed E-state index contributed by atoms with van der Waals surface area (Å²) in [6, 6.07) is 0. The molecule has 0 bridgehead atoms. The highest BCUT2D eigenvalue weighted by molar-refractivity contribution is 8.14. The lowest BCUT2D eigenvalue weighted by Gasteiger charge is -2.35. The van der Waals surface area contributed by atoms with Crippen LogP contribution >= 0.6 is 23.1 Å². The van der Waals surface area contributed by atoms with E-state index in [0.29, 0.717) is 5.25 Å². The van der Waals surface area contributed by atoms with Crippen LogP contribution in [0.3, 0.4) is 0 Å². The zero-order valence-electron chi connectivity index (χ0n) is 12.6. The molecule has 0 unspecified atom stereocenters. The van der Waals surface area contributed by atoms with Gasteiger partial charge in [0.1, 0.15) is 0 Å². The molecule has 0 radical (unpaired) electrons. The maximum absolute atomic E-state index is 11.7. The number of thiazole rings is 1. The largest absolute Gasteiger partial charge is 0.349 e. The number of aryl methyl sites for hydroxylation is 1. The molecule has 0 aliphatic carbocycles. The van der Waals surface area contributed by atoms with Gasteiger partial charge in [-0.05, 0) is 6.92 Å². The lowest BCUT2D eigenvalue weighted by Crippen LogP contribution is -2.48. The monoisotopic (exact) mass is 326 g/mol. The van der Waals surface area contributed by atoms with Crippen LogP contribution in [0.25, 0.3) is 0 Å². The minimum atomic E-state index is 0.164. The number of aromatic nitrogens is 1. The quantitative estimate of drug-likeness (QED) is 0.840. The highest BCUT2D eigenvalue weighted by Gasteiger charge is 2.24. The van der Waals surface area contributed by atoms with Crippen LogP contribution in [0.5, 0.6) is 0 Å². The van der Waals surface area contributed by atoms with Crippen molar-refractivity contribution in [3.8, 4) is 0 Å². The summed E-state index contributed by atoms with van der Waals surface area (Å²) in [7, 11) is 0. The number of nitrogens with zero attached hydrogens (tertiary/aromatic N) is 4. The van der Waals surface area contributed by atoms with Crippen molar-refractivity contribution < 1.29 is 0 Å². The zero-order valence-corrected chi connectivity index (χ0v) is 14.3. The molecule has 5 nitrogen and oxygen atoms in total. The van der Waals surface area contributed by atoms with Gasteiger partial charge in [-0.2, -0.15) is 0 Å². The van der Waals surface area contributed by atoms with Crippen molar-refractivity contribution in [1.82, 2.24) is 14.4 Å². The van der Waals surface area contributed by atoms with Crippen molar-refractivity contribution in [2.75, 3.05) is 39.3 Å². The Morgan fingerprint density at radius 3 is 2.62 bits per heavy atom. The van der Waals surface area contributed by atoms with Crippen LogP contribution in [0.1, 0.15) is 12.6 Å². The second-order valence-corrected chi connectivity index (χ2v) is 7.90. The highest BCUT2D eigenvalue weighted by atomic mass is 32.2. The zero-order chi connectivity index (χ0) is 14.8. The molecule has 3 heterocycles. The number of hydrogen-bond acceptors (Lipinski definition) is 6. The molecule has 0 N–H and O–H groups in total. The van der Waals surface area contributed by atoms with E-state index < -0.39 is 0 Å². The lowest BCUT2D eigenvalue weighted by molar-refractivity contribution is 0.178. The van der Waals surface area contributed by atoms with E-state index in [0.717, 1.165) is 51.5 Å². The smallest absolute Gasteiger partial charge is 0.307 e. The number of thioether (sulfide) groups is 1. The fourth-order valence-corrected chi connectivity index (χ4v) is 4.47. The lowest BCUT2D eigenvalue weighted by atomic mass is 10.3. The summed E-state index contributed by atoms with van der Waals surface area (Å²) in [5, 5.41) is 3.80. The van der Waals surface area contributed by atoms with Crippen LogP contribution in [0.15, 0.2) is 15.2 Å². The maximum atomic E-state index is 11.7. The van der Waals surface area contributed by atoms with E-state index in [2.05, 4.69) is 21.7 Å². The first-order valence-corrected chi connectivity index (χ1v) is 9.23. The number of hydrogen-bond donors (Lipinski definition) is 0. The van der Waals surface area contributed by atoms with Crippen LogP contribution in [0.4, 0.5) is 0 Å². The average Bonchev–Trinajstić information content (AvgIpc) is 3.05. The summed E-state index contributed by atoms with van der Waals surface area (Å²) in [6.45, 7) is 11.2. The van der Waals surface area contributed by atoms with Crippen LogP contribution in [-0.2, 0) is 6.54 Å². The van der Waals surface area contributed by atoms with Crippen LogP contribution in [0.2, 0.25) is 0 Å². The third-order valence-corrected chi connectivity index (χ3v) is 6.08. The van der Waals surface area contributed by atoms with Crippen LogP contribution < -0.4 is 4.87 Å². The van der Waals surface area contributed by atoms with Gasteiger partial charge in [-0.25, -0.2) is 0 Å². The van der Waals surface area contributed by atoms with E-state index in [1.165, 1.54) is 16.5 Å². The summed E-state index contributed by atoms with van der Waals surface area (Å²) in [6.07, 6.45) is 0. The van der Waals surface area contributed by atoms with Gasteiger partial charge in [-0.1, -0.05) is 30.0 Å². The number of rotatable bonds is 3. The molecule has 3 rings (SSSR count). The third kappa shape index (κ3) is 3.52. The molecule has 116 valence electrons. The van der Waals surface area contributed by atoms with Gasteiger partial charge in [0.05, 0.1) is 6.54 Å². The Morgan fingerprint density at radius 1 is 1.29 bits per heavy atom. The molecule has 2 aliphatic heterocycles. The van der Waals surface area contributed by atoms with Gasteiger partial charge < -0.3 is 9.47 Å². The first kappa shape index (κ1) is 15.1. The summed E-state index contributed by atoms with van der Waals surface area (Å²) >= 11 is 3.20. The van der Waals surface area contributed by atoms with Gasteiger partial charge in [0, 0.05) is 55.6 Å². The molecule has 7 heteroatoms. The van der Waals surface area contributed by atoms with E-state index in [1.54, 1.807) is 0 Å². The summed E-state index contributed by atoms with van der Waals surface area (Å²) in [4.78, 5) is 21.3. The van der Waals surface area contributed by atoms with Gasteiger partial charge in [-0.3, -0.25) is 14.7 Å². The molecule has 0 spiro atoms.